The number of hydrogen-bond donors (Lipinski definition) is 0. The largest absolute Gasteiger partial charge is 0.480 e. The molecule has 4 aromatic heterocycles. The summed E-state index contributed by atoms with van der Waals surface area (Å²) in [5.74, 6) is -3.96. The number of pyridine rings is 2. The molecule has 1 aliphatic heterocycles. The Balaban J connectivity index is 1.82. The predicted octanol–water partition coefficient (Wildman–Crippen LogP) is 4.53. The van der Waals surface area contributed by atoms with Crippen molar-refractivity contribution in [2.75, 3.05) is 26.6 Å². The van der Waals surface area contributed by atoms with Crippen LogP contribution < -0.4 is 4.74 Å². The summed E-state index contributed by atoms with van der Waals surface area (Å²) >= 11 is 0. The second-order valence-corrected chi connectivity index (χ2v) is 12.2. The van der Waals surface area contributed by atoms with Gasteiger partial charge in [-0.2, -0.15) is 0 Å². The standard InChI is InChI=1S/C28H27F3N6O4S/c1-14-25(36(2)35-34-14)16-9-20-24(32-12-16)23-27(21(42(4,38)39)13-33-28(23)40-3)37(20)26(15-5-7-41-8-6-15)22-18(30)10-17(29)11-19(22)31/h9-13,15,26H,5-8H2,1-4H3/i1D3. The molecule has 5 aromatic rings. The molecule has 0 saturated carbocycles. The average Bonchev–Trinajstić information content (AvgIpc) is 3.52. The van der Waals surface area contributed by atoms with Crippen molar-refractivity contribution >= 4 is 31.8 Å². The molecule has 1 atom stereocenters. The average molecular weight is 604 g/mol. The summed E-state index contributed by atoms with van der Waals surface area (Å²) in [6, 6.07) is 1.45. The molecule has 0 bridgehead atoms. The zero-order valence-electron chi connectivity index (χ0n) is 25.7. The van der Waals surface area contributed by atoms with Gasteiger partial charge in [-0.15, -0.1) is 5.10 Å². The summed E-state index contributed by atoms with van der Waals surface area (Å²) < 4.78 is 110. The van der Waals surface area contributed by atoms with E-state index < -0.39 is 51.7 Å². The molecule has 6 rings (SSSR count). The first-order chi connectivity index (χ1) is 21.2. The van der Waals surface area contributed by atoms with Crippen molar-refractivity contribution in [2.24, 2.45) is 13.0 Å². The fourth-order valence-electron chi connectivity index (χ4n) is 5.84. The summed E-state index contributed by atoms with van der Waals surface area (Å²) in [6.45, 7) is -2.12. The molecule has 0 spiro atoms. The van der Waals surface area contributed by atoms with Crippen molar-refractivity contribution in [3.8, 4) is 17.1 Å². The molecule has 220 valence electrons. The van der Waals surface area contributed by atoms with Crippen LogP contribution in [0.25, 0.3) is 33.2 Å². The third kappa shape index (κ3) is 4.49. The zero-order chi connectivity index (χ0) is 32.4. The highest BCUT2D eigenvalue weighted by atomic mass is 32.2. The highest BCUT2D eigenvalue weighted by Gasteiger charge is 2.36. The minimum Gasteiger partial charge on any atom is -0.480 e. The van der Waals surface area contributed by atoms with Gasteiger partial charge in [0.15, 0.2) is 9.84 Å². The van der Waals surface area contributed by atoms with Crippen molar-refractivity contribution in [2.45, 2.75) is 30.6 Å². The Bertz CT molecular complexity index is 2050. The fourth-order valence-corrected chi connectivity index (χ4v) is 6.63. The first-order valence-electron chi connectivity index (χ1n) is 14.4. The number of rotatable bonds is 6. The van der Waals surface area contributed by atoms with E-state index in [1.54, 1.807) is 0 Å². The molecule has 42 heavy (non-hydrogen) atoms. The van der Waals surface area contributed by atoms with Crippen LogP contribution in [0, 0.1) is 30.2 Å². The van der Waals surface area contributed by atoms with Crippen LogP contribution in [0.4, 0.5) is 13.2 Å². The Hall–Kier alpha value is -4.04. The van der Waals surface area contributed by atoms with Crippen molar-refractivity contribution in [3.05, 3.63) is 59.3 Å². The lowest BCUT2D eigenvalue weighted by molar-refractivity contribution is 0.0543. The van der Waals surface area contributed by atoms with E-state index in [1.165, 1.54) is 35.7 Å². The number of halogens is 3. The summed E-state index contributed by atoms with van der Waals surface area (Å²) in [5.41, 5.74) is -0.0530. The van der Waals surface area contributed by atoms with Gasteiger partial charge in [0.05, 0.1) is 47.2 Å². The maximum absolute atomic E-state index is 15.8. The molecule has 1 aromatic carbocycles. The maximum atomic E-state index is 15.8. The molecule has 0 amide bonds. The maximum Gasteiger partial charge on any atom is 0.224 e. The molecule has 14 heteroatoms. The minimum atomic E-state index is -4.02. The van der Waals surface area contributed by atoms with E-state index >= 15 is 8.78 Å². The third-order valence-electron chi connectivity index (χ3n) is 7.61. The Morgan fingerprint density at radius 2 is 1.83 bits per heavy atom. The molecule has 1 unspecified atom stereocenters. The normalized spacial score (nSPS) is 16.9. The molecular weight excluding hydrogens is 573 g/mol. The molecule has 0 N–H and O–H groups in total. The van der Waals surface area contributed by atoms with E-state index in [0.717, 1.165) is 12.5 Å². The number of methoxy groups -OCH3 is 1. The van der Waals surface area contributed by atoms with E-state index in [2.05, 4.69) is 20.3 Å². The Morgan fingerprint density at radius 1 is 1.12 bits per heavy atom. The third-order valence-corrected chi connectivity index (χ3v) is 8.71. The molecule has 0 radical (unpaired) electrons. The summed E-state index contributed by atoms with van der Waals surface area (Å²) in [4.78, 5) is 8.55. The molecule has 5 heterocycles. The van der Waals surface area contributed by atoms with Gasteiger partial charge in [0.25, 0.3) is 0 Å². The van der Waals surface area contributed by atoms with Gasteiger partial charge >= 0.3 is 0 Å². The summed E-state index contributed by atoms with van der Waals surface area (Å²) in [5, 5.41) is 7.86. The van der Waals surface area contributed by atoms with E-state index in [-0.39, 0.29) is 62.9 Å². The zero-order valence-corrected chi connectivity index (χ0v) is 23.5. The number of nitrogens with zero attached hydrogens (tertiary/aromatic N) is 6. The van der Waals surface area contributed by atoms with Crippen molar-refractivity contribution in [1.29, 1.82) is 0 Å². The number of ether oxygens (including phenoxy) is 2. The van der Waals surface area contributed by atoms with E-state index in [4.69, 9.17) is 13.6 Å². The first kappa shape index (κ1) is 24.5. The summed E-state index contributed by atoms with van der Waals surface area (Å²) in [7, 11) is -1.19. The van der Waals surface area contributed by atoms with E-state index in [0.29, 0.717) is 25.0 Å². The van der Waals surface area contributed by atoms with Crippen LogP contribution in [0.15, 0.2) is 35.5 Å². The van der Waals surface area contributed by atoms with Crippen LogP contribution in [0.3, 0.4) is 0 Å². The van der Waals surface area contributed by atoms with Gasteiger partial charge in [-0.1, -0.05) is 5.21 Å². The van der Waals surface area contributed by atoms with Crippen LogP contribution in [0.1, 0.15) is 34.3 Å². The lowest BCUT2D eigenvalue weighted by Gasteiger charge is -2.33. The Kier molecular flexibility index (Phi) is 6.05. The van der Waals surface area contributed by atoms with Crippen molar-refractivity contribution < 1.29 is 35.2 Å². The van der Waals surface area contributed by atoms with Crippen molar-refractivity contribution in [1.82, 2.24) is 29.5 Å². The minimum absolute atomic E-state index is 0.00226. The number of aromatic nitrogens is 6. The highest BCUT2D eigenvalue weighted by Crippen LogP contribution is 2.46. The van der Waals surface area contributed by atoms with Gasteiger partial charge in [0.1, 0.15) is 27.9 Å². The van der Waals surface area contributed by atoms with E-state index in [9.17, 15) is 12.8 Å². The fraction of sp³-hybridized carbons (Fsp3) is 0.357. The first-order valence-corrected chi connectivity index (χ1v) is 14.8. The summed E-state index contributed by atoms with van der Waals surface area (Å²) in [6.07, 6.45) is 4.11. The van der Waals surface area contributed by atoms with Gasteiger partial charge in [0.2, 0.25) is 5.88 Å². The monoisotopic (exact) mass is 603 g/mol. The molecule has 1 saturated heterocycles. The number of hydrogen-bond acceptors (Lipinski definition) is 8. The molecule has 10 nitrogen and oxygen atoms in total. The lowest BCUT2D eigenvalue weighted by Crippen LogP contribution is -2.29. The number of benzene rings is 1. The van der Waals surface area contributed by atoms with E-state index in [1.807, 2.05) is 0 Å². The number of fused-ring (bicyclic) bond motifs is 3. The lowest BCUT2D eigenvalue weighted by atomic mass is 9.86. The van der Waals surface area contributed by atoms with Crippen LogP contribution in [0.5, 0.6) is 5.88 Å². The Labute approximate surface area is 243 Å². The Morgan fingerprint density at radius 3 is 2.48 bits per heavy atom. The van der Waals surface area contributed by atoms with Crippen LogP contribution in [0.2, 0.25) is 0 Å². The number of sulfone groups is 1. The highest BCUT2D eigenvalue weighted by molar-refractivity contribution is 7.91. The smallest absolute Gasteiger partial charge is 0.224 e. The van der Waals surface area contributed by atoms with Gasteiger partial charge in [-0.05, 0) is 31.7 Å². The SMILES string of the molecule is [2H]C([2H])([2H])c1nnn(C)c1-c1cnc2c3c(OC)ncc(S(C)(=O)=O)c3n(C(c3c(F)cc(F)cc3F)C3CCOCC3)c2c1. The van der Waals surface area contributed by atoms with Crippen molar-refractivity contribution in [3.63, 3.8) is 0 Å². The van der Waals surface area contributed by atoms with Crippen LogP contribution in [-0.2, 0) is 21.6 Å². The quantitative estimate of drug-likeness (QED) is 0.278. The number of aryl methyl sites for hydroxylation is 2. The molecular formula is C28H27F3N6O4S. The van der Waals surface area contributed by atoms with Gasteiger partial charge < -0.3 is 14.0 Å². The molecule has 1 fully saturated rings. The molecule has 1 aliphatic rings. The van der Waals surface area contributed by atoms with Crippen LogP contribution >= 0.6 is 0 Å². The molecule has 0 aliphatic carbocycles. The predicted molar refractivity (Wildman–Crippen MR) is 147 cm³/mol. The van der Waals surface area contributed by atoms with Gasteiger partial charge in [-0.25, -0.2) is 31.3 Å². The second kappa shape index (κ2) is 10.3. The van der Waals surface area contributed by atoms with Gasteiger partial charge in [0, 0.05) is 60.1 Å². The second-order valence-electron chi connectivity index (χ2n) is 10.2. The van der Waals surface area contributed by atoms with Crippen LogP contribution in [-0.4, -0.2) is 64.5 Å². The van der Waals surface area contributed by atoms with Gasteiger partial charge in [-0.3, -0.25) is 4.98 Å². The topological polar surface area (TPSA) is 114 Å².